The van der Waals surface area contributed by atoms with Gasteiger partial charge < -0.3 is 16.2 Å². The molecule has 0 spiro atoms. The predicted molar refractivity (Wildman–Crippen MR) is 100 cm³/mol. The number of nitrogens with zero attached hydrogens (tertiary/aromatic N) is 1. The lowest BCUT2D eigenvalue weighted by Gasteiger charge is -2.13. The lowest BCUT2D eigenvalue weighted by molar-refractivity contribution is 0.475. The number of rotatable bonds is 6. The molecule has 24 heavy (non-hydrogen) atoms. The molecule has 0 saturated carbocycles. The van der Waals surface area contributed by atoms with E-state index in [4.69, 9.17) is 10.7 Å². The molecule has 4 nitrogen and oxygen atoms in total. The Morgan fingerprint density at radius 2 is 1.79 bits per heavy atom. The molecule has 0 amide bonds. The maximum absolute atomic E-state index is 9.47. The Kier molecular flexibility index (Phi) is 4.96. The number of benzene rings is 2. The van der Waals surface area contributed by atoms with Gasteiger partial charge >= 0.3 is 0 Å². The summed E-state index contributed by atoms with van der Waals surface area (Å²) in [6.07, 6.45) is 1.84. The molecule has 4 N–H and O–H groups in total. The Balaban J connectivity index is 2.05. The summed E-state index contributed by atoms with van der Waals surface area (Å²) in [5, 5.41) is 14.1. The maximum atomic E-state index is 9.47. The van der Waals surface area contributed by atoms with Crippen molar-refractivity contribution in [3.63, 3.8) is 0 Å². The van der Waals surface area contributed by atoms with Gasteiger partial charge in [0.05, 0.1) is 5.52 Å². The average molecular weight is 321 g/mol. The SMILES string of the molecule is CCc1cc(NCCCN)c2cc(-c3ccc(O)cc3)ccc2n1. The number of phenols is 1. The molecule has 1 aromatic heterocycles. The molecule has 0 aliphatic heterocycles. The molecule has 3 rings (SSSR count). The van der Waals surface area contributed by atoms with Crippen molar-refractivity contribution in [2.24, 2.45) is 5.73 Å². The third-order valence-electron chi connectivity index (χ3n) is 4.12. The second kappa shape index (κ2) is 7.32. The lowest BCUT2D eigenvalue weighted by atomic mass is 10.0. The van der Waals surface area contributed by atoms with Crippen LogP contribution in [-0.2, 0) is 6.42 Å². The molecule has 4 heteroatoms. The standard InChI is InChI=1S/C20H23N3O/c1-2-16-13-20(22-11-3-10-21)18-12-15(6-9-19(18)23-16)14-4-7-17(24)8-5-14/h4-9,12-13,24H,2-3,10-11,21H2,1H3,(H,22,23). The summed E-state index contributed by atoms with van der Waals surface area (Å²) in [5.74, 6) is 0.276. The van der Waals surface area contributed by atoms with Crippen LogP contribution in [0.25, 0.3) is 22.0 Å². The molecule has 0 aliphatic rings. The lowest BCUT2D eigenvalue weighted by Crippen LogP contribution is -2.09. The molecule has 3 aromatic rings. The number of phenolic OH excluding ortho intramolecular Hbond substituents is 1. The largest absolute Gasteiger partial charge is 0.508 e. The Morgan fingerprint density at radius 1 is 1.04 bits per heavy atom. The third kappa shape index (κ3) is 3.49. The summed E-state index contributed by atoms with van der Waals surface area (Å²) in [7, 11) is 0. The molecule has 0 bridgehead atoms. The average Bonchev–Trinajstić information content (AvgIpc) is 2.62. The second-order valence-corrected chi connectivity index (χ2v) is 5.86. The van der Waals surface area contributed by atoms with Crippen molar-refractivity contribution in [1.82, 2.24) is 4.98 Å². The van der Waals surface area contributed by atoms with Crippen molar-refractivity contribution in [3.8, 4) is 16.9 Å². The fourth-order valence-electron chi connectivity index (χ4n) is 2.77. The van der Waals surface area contributed by atoms with Gasteiger partial charge in [0.2, 0.25) is 0 Å². The summed E-state index contributed by atoms with van der Waals surface area (Å²) < 4.78 is 0. The highest BCUT2D eigenvalue weighted by Crippen LogP contribution is 2.30. The molecule has 0 radical (unpaired) electrons. The zero-order chi connectivity index (χ0) is 16.9. The van der Waals surface area contributed by atoms with Crippen LogP contribution >= 0.6 is 0 Å². The van der Waals surface area contributed by atoms with Gasteiger partial charge in [-0.1, -0.05) is 25.1 Å². The van der Waals surface area contributed by atoms with Gasteiger partial charge in [-0.2, -0.15) is 0 Å². The number of anilines is 1. The second-order valence-electron chi connectivity index (χ2n) is 5.86. The highest BCUT2D eigenvalue weighted by molar-refractivity contribution is 5.94. The first-order valence-electron chi connectivity index (χ1n) is 8.38. The maximum Gasteiger partial charge on any atom is 0.115 e. The molecule has 0 fully saturated rings. The first kappa shape index (κ1) is 16.3. The quantitative estimate of drug-likeness (QED) is 0.602. The molecule has 0 atom stereocenters. The number of pyridine rings is 1. The van der Waals surface area contributed by atoms with Crippen molar-refractivity contribution in [2.75, 3.05) is 18.4 Å². The molecule has 0 aliphatic carbocycles. The monoisotopic (exact) mass is 321 g/mol. The van der Waals surface area contributed by atoms with E-state index in [1.165, 1.54) is 0 Å². The van der Waals surface area contributed by atoms with Crippen LogP contribution in [0.1, 0.15) is 19.0 Å². The van der Waals surface area contributed by atoms with Gasteiger partial charge in [-0.25, -0.2) is 0 Å². The Bertz CT molecular complexity index is 828. The zero-order valence-electron chi connectivity index (χ0n) is 13.9. The van der Waals surface area contributed by atoms with Crippen molar-refractivity contribution in [3.05, 3.63) is 54.2 Å². The molecular weight excluding hydrogens is 298 g/mol. The van der Waals surface area contributed by atoms with Gasteiger partial charge in [0, 0.05) is 23.3 Å². The van der Waals surface area contributed by atoms with Gasteiger partial charge in [-0.05, 0) is 60.8 Å². The van der Waals surface area contributed by atoms with Gasteiger partial charge in [0.15, 0.2) is 0 Å². The van der Waals surface area contributed by atoms with E-state index < -0.39 is 0 Å². The normalized spacial score (nSPS) is 10.9. The molecule has 0 unspecified atom stereocenters. The van der Waals surface area contributed by atoms with Gasteiger partial charge in [-0.3, -0.25) is 4.98 Å². The van der Waals surface area contributed by atoms with Crippen LogP contribution in [0.5, 0.6) is 5.75 Å². The molecule has 124 valence electrons. The summed E-state index contributed by atoms with van der Waals surface area (Å²) in [6.45, 7) is 3.64. The number of nitrogens with two attached hydrogens (primary N) is 1. The summed E-state index contributed by atoms with van der Waals surface area (Å²) >= 11 is 0. The van der Waals surface area contributed by atoms with Crippen LogP contribution in [0, 0.1) is 0 Å². The van der Waals surface area contributed by atoms with Crippen LogP contribution in [0.4, 0.5) is 5.69 Å². The predicted octanol–water partition coefficient (Wildman–Crippen LogP) is 3.93. The fraction of sp³-hybridized carbons (Fsp3) is 0.250. The van der Waals surface area contributed by atoms with Gasteiger partial charge in [0.25, 0.3) is 0 Å². The highest BCUT2D eigenvalue weighted by atomic mass is 16.3. The van der Waals surface area contributed by atoms with Crippen LogP contribution in [0.3, 0.4) is 0 Å². The smallest absolute Gasteiger partial charge is 0.115 e. The van der Waals surface area contributed by atoms with E-state index in [1.807, 2.05) is 12.1 Å². The van der Waals surface area contributed by atoms with Crippen LogP contribution in [0.15, 0.2) is 48.5 Å². The first-order chi connectivity index (χ1) is 11.7. The number of hydrogen-bond acceptors (Lipinski definition) is 4. The minimum absolute atomic E-state index is 0.276. The minimum atomic E-state index is 0.276. The van der Waals surface area contributed by atoms with E-state index in [9.17, 15) is 5.11 Å². The number of aromatic nitrogens is 1. The number of nitrogens with one attached hydrogen (secondary N) is 1. The molecule has 2 aromatic carbocycles. The fourth-order valence-corrected chi connectivity index (χ4v) is 2.77. The Morgan fingerprint density at radius 3 is 2.50 bits per heavy atom. The van der Waals surface area contributed by atoms with Crippen molar-refractivity contribution in [2.45, 2.75) is 19.8 Å². The third-order valence-corrected chi connectivity index (χ3v) is 4.12. The van der Waals surface area contributed by atoms with Gasteiger partial charge in [0.1, 0.15) is 5.75 Å². The van der Waals surface area contributed by atoms with Crippen LogP contribution in [-0.4, -0.2) is 23.2 Å². The number of hydrogen-bond donors (Lipinski definition) is 3. The molecule has 0 saturated heterocycles. The highest BCUT2D eigenvalue weighted by Gasteiger charge is 2.07. The topological polar surface area (TPSA) is 71.2 Å². The number of aromatic hydroxyl groups is 1. The van der Waals surface area contributed by atoms with E-state index in [0.717, 1.165) is 52.8 Å². The van der Waals surface area contributed by atoms with Crippen LogP contribution < -0.4 is 11.1 Å². The molecular formula is C20H23N3O. The van der Waals surface area contributed by atoms with E-state index >= 15 is 0 Å². The van der Waals surface area contributed by atoms with Crippen molar-refractivity contribution in [1.29, 1.82) is 0 Å². The Labute approximate surface area is 142 Å². The zero-order valence-corrected chi connectivity index (χ0v) is 13.9. The summed E-state index contributed by atoms with van der Waals surface area (Å²) in [4.78, 5) is 4.73. The number of fused-ring (bicyclic) bond motifs is 1. The van der Waals surface area contributed by atoms with Crippen LogP contribution in [0.2, 0.25) is 0 Å². The summed E-state index contributed by atoms with van der Waals surface area (Å²) in [5.41, 5.74) is 11.0. The van der Waals surface area contributed by atoms with E-state index in [1.54, 1.807) is 12.1 Å². The molecule has 1 heterocycles. The summed E-state index contributed by atoms with van der Waals surface area (Å²) in [6, 6.07) is 15.7. The van der Waals surface area contributed by atoms with E-state index in [0.29, 0.717) is 6.54 Å². The van der Waals surface area contributed by atoms with E-state index in [2.05, 4.69) is 36.5 Å². The van der Waals surface area contributed by atoms with Crippen molar-refractivity contribution < 1.29 is 5.11 Å². The minimum Gasteiger partial charge on any atom is -0.508 e. The van der Waals surface area contributed by atoms with E-state index in [-0.39, 0.29) is 5.75 Å². The first-order valence-corrected chi connectivity index (χ1v) is 8.38. The number of aryl methyl sites for hydroxylation is 1. The van der Waals surface area contributed by atoms with Gasteiger partial charge in [-0.15, -0.1) is 0 Å². The van der Waals surface area contributed by atoms with Crippen molar-refractivity contribution >= 4 is 16.6 Å². The Hall–Kier alpha value is -2.59.